The topological polar surface area (TPSA) is 45.2 Å². The summed E-state index contributed by atoms with van der Waals surface area (Å²) in [7, 11) is 2.13. The lowest BCUT2D eigenvalue weighted by Crippen LogP contribution is -2.45. The SMILES string of the molecule is CN1CCC(C(=O)NC2CCc3ncc(C(C)(C)C)cc3C2)CC1. The van der Waals surface area contributed by atoms with Crippen LogP contribution in [0.3, 0.4) is 0 Å². The molecule has 4 heteroatoms. The molecule has 1 aromatic rings. The predicted octanol–water partition coefficient (Wildman–Crippen LogP) is 2.69. The summed E-state index contributed by atoms with van der Waals surface area (Å²) in [6.45, 7) is 8.73. The molecule has 0 saturated carbocycles. The van der Waals surface area contributed by atoms with Crippen molar-refractivity contribution in [3.05, 3.63) is 29.1 Å². The highest BCUT2D eigenvalue weighted by Crippen LogP contribution is 2.27. The van der Waals surface area contributed by atoms with Gasteiger partial charge in [-0.25, -0.2) is 0 Å². The smallest absolute Gasteiger partial charge is 0.223 e. The van der Waals surface area contributed by atoms with Crippen LogP contribution in [0.5, 0.6) is 0 Å². The highest BCUT2D eigenvalue weighted by molar-refractivity contribution is 5.79. The molecule has 0 bridgehead atoms. The van der Waals surface area contributed by atoms with Gasteiger partial charge in [-0.2, -0.15) is 0 Å². The zero-order chi connectivity index (χ0) is 17.3. The molecule has 132 valence electrons. The van der Waals surface area contributed by atoms with E-state index in [4.69, 9.17) is 0 Å². The standard InChI is InChI=1S/C20H31N3O/c1-20(2,3)16-11-15-12-17(5-6-18(15)21-13-16)22-19(24)14-7-9-23(4)10-8-14/h11,13-14,17H,5-10,12H2,1-4H3,(H,22,24). The van der Waals surface area contributed by atoms with Crippen LogP contribution in [0.1, 0.15) is 56.9 Å². The number of aryl methyl sites for hydroxylation is 1. The van der Waals surface area contributed by atoms with E-state index in [2.05, 4.69) is 49.1 Å². The van der Waals surface area contributed by atoms with Crippen LogP contribution in [-0.2, 0) is 23.1 Å². The second-order valence-electron chi connectivity index (χ2n) is 8.61. The van der Waals surface area contributed by atoms with E-state index in [0.29, 0.717) is 0 Å². The van der Waals surface area contributed by atoms with Gasteiger partial charge in [0.1, 0.15) is 0 Å². The molecule has 3 rings (SSSR count). The molecule has 0 radical (unpaired) electrons. The van der Waals surface area contributed by atoms with Crippen molar-refractivity contribution >= 4 is 5.91 Å². The number of nitrogens with one attached hydrogen (secondary N) is 1. The molecule has 1 aliphatic heterocycles. The molecule has 1 fully saturated rings. The average molecular weight is 329 g/mol. The lowest BCUT2D eigenvalue weighted by molar-refractivity contribution is -0.127. The number of amides is 1. The van der Waals surface area contributed by atoms with Gasteiger partial charge in [0.05, 0.1) is 0 Å². The molecule has 1 amide bonds. The number of hydrogen-bond donors (Lipinski definition) is 1. The Balaban J connectivity index is 1.63. The van der Waals surface area contributed by atoms with Crippen molar-refractivity contribution < 1.29 is 4.79 Å². The Hall–Kier alpha value is -1.42. The summed E-state index contributed by atoms with van der Waals surface area (Å²) in [6.07, 6.45) is 6.90. The Morgan fingerprint density at radius 3 is 2.62 bits per heavy atom. The maximum Gasteiger partial charge on any atom is 0.223 e. The van der Waals surface area contributed by atoms with E-state index in [9.17, 15) is 4.79 Å². The van der Waals surface area contributed by atoms with Crippen molar-refractivity contribution in [2.75, 3.05) is 20.1 Å². The zero-order valence-electron chi connectivity index (χ0n) is 15.6. The van der Waals surface area contributed by atoms with Crippen LogP contribution in [0, 0.1) is 5.92 Å². The predicted molar refractivity (Wildman–Crippen MR) is 97.1 cm³/mol. The molecule has 1 atom stereocenters. The second-order valence-corrected chi connectivity index (χ2v) is 8.61. The van der Waals surface area contributed by atoms with Gasteiger partial charge < -0.3 is 10.2 Å². The molecule has 24 heavy (non-hydrogen) atoms. The minimum absolute atomic E-state index is 0.117. The first kappa shape index (κ1) is 17.4. The number of piperidine rings is 1. The fraction of sp³-hybridized carbons (Fsp3) is 0.700. The average Bonchev–Trinajstić information content (AvgIpc) is 2.54. The quantitative estimate of drug-likeness (QED) is 0.907. The Bertz CT molecular complexity index is 597. The summed E-state index contributed by atoms with van der Waals surface area (Å²) in [5.74, 6) is 0.457. The van der Waals surface area contributed by atoms with E-state index in [1.54, 1.807) is 0 Å². The zero-order valence-corrected chi connectivity index (χ0v) is 15.6. The van der Waals surface area contributed by atoms with Crippen LogP contribution >= 0.6 is 0 Å². The lowest BCUT2D eigenvalue weighted by Gasteiger charge is -2.31. The maximum absolute atomic E-state index is 12.6. The number of likely N-dealkylation sites (tertiary alicyclic amines) is 1. The Morgan fingerprint density at radius 1 is 1.25 bits per heavy atom. The van der Waals surface area contributed by atoms with Gasteiger partial charge in [0.15, 0.2) is 0 Å². The van der Waals surface area contributed by atoms with Crippen molar-refractivity contribution in [2.24, 2.45) is 5.92 Å². The van der Waals surface area contributed by atoms with Crippen molar-refractivity contribution in [1.82, 2.24) is 15.2 Å². The van der Waals surface area contributed by atoms with E-state index >= 15 is 0 Å². The first-order chi connectivity index (χ1) is 11.3. The molecule has 2 aliphatic rings. The minimum atomic E-state index is 0.117. The van der Waals surface area contributed by atoms with E-state index in [0.717, 1.165) is 45.2 Å². The first-order valence-corrected chi connectivity index (χ1v) is 9.30. The van der Waals surface area contributed by atoms with Gasteiger partial charge in [0.25, 0.3) is 0 Å². The molecular weight excluding hydrogens is 298 g/mol. The fourth-order valence-electron chi connectivity index (χ4n) is 3.74. The monoisotopic (exact) mass is 329 g/mol. The van der Waals surface area contributed by atoms with Gasteiger partial charge in [0.2, 0.25) is 5.91 Å². The molecule has 1 unspecified atom stereocenters. The van der Waals surface area contributed by atoms with Crippen LogP contribution in [0.2, 0.25) is 0 Å². The summed E-state index contributed by atoms with van der Waals surface area (Å²) in [5, 5.41) is 3.32. The Morgan fingerprint density at radius 2 is 1.96 bits per heavy atom. The van der Waals surface area contributed by atoms with Gasteiger partial charge in [-0.3, -0.25) is 9.78 Å². The van der Waals surface area contributed by atoms with Crippen LogP contribution in [0.4, 0.5) is 0 Å². The van der Waals surface area contributed by atoms with Crippen molar-refractivity contribution in [2.45, 2.75) is 64.3 Å². The fourth-order valence-corrected chi connectivity index (χ4v) is 3.74. The molecule has 1 aromatic heterocycles. The minimum Gasteiger partial charge on any atom is -0.353 e. The first-order valence-electron chi connectivity index (χ1n) is 9.30. The second kappa shape index (κ2) is 6.83. The van der Waals surface area contributed by atoms with Crippen molar-refractivity contribution in [1.29, 1.82) is 0 Å². The van der Waals surface area contributed by atoms with E-state index in [-0.39, 0.29) is 23.3 Å². The highest BCUT2D eigenvalue weighted by Gasteiger charge is 2.28. The summed E-state index contributed by atoms with van der Waals surface area (Å²) >= 11 is 0. The largest absolute Gasteiger partial charge is 0.353 e. The molecule has 1 N–H and O–H groups in total. The van der Waals surface area contributed by atoms with Gasteiger partial charge in [-0.1, -0.05) is 26.8 Å². The summed E-state index contributed by atoms with van der Waals surface area (Å²) in [5.41, 5.74) is 3.94. The molecule has 4 nitrogen and oxygen atoms in total. The van der Waals surface area contributed by atoms with E-state index < -0.39 is 0 Å². The number of fused-ring (bicyclic) bond motifs is 1. The summed E-state index contributed by atoms with van der Waals surface area (Å²) in [6, 6.07) is 2.57. The molecular formula is C20H31N3O. The van der Waals surface area contributed by atoms with Crippen molar-refractivity contribution in [3.63, 3.8) is 0 Å². The lowest BCUT2D eigenvalue weighted by atomic mass is 9.84. The van der Waals surface area contributed by atoms with Crippen LogP contribution in [-0.4, -0.2) is 42.0 Å². The molecule has 2 heterocycles. The normalized spacial score (nSPS) is 22.9. The number of rotatable bonds is 2. The van der Waals surface area contributed by atoms with Gasteiger partial charge in [-0.15, -0.1) is 0 Å². The Kier molecular flexibility index (Phi) is 4.95. The number of carbonyl (C=O) groups is 1. The van der Waals surface area contributed by atoms with E-state index in [1.807, 2.05) is 6.20 Å². The number of aromatic nitrogens is 1. The van der Waals surface area contributed by atoms with Gasteiger partial charge >= 0.3 is 0 Å². The molecule has 0 spiro atoms. The summed E-state index contributed by atoms with van der Waals surface area (Å²) < 4.78 is 0. The van der Waals surface area contributed by atoms with Crippen LogP contribution < -0.4 is 5.32 Å². The highest BCUT2D eigenvalue weighted by atomic mass is 16.1. The van der Waals surface area contributed by atoms with Crippen molar-refractivity contribution in [3.8, 4) is 0 Å². The van der Waals surface area contributed by atoms with Crippen LogP contribution in [0.15, 0.2) is 12.3 Å². The van der Waals surface area contributed by atoms with Gasteiger partial charge in [0, 0.05) is 23.9 Å². The third-order valence-corrected chi connectivity index (χ3v) is 5.56. The van der Waals surface area contributed by atoms with Crippen LogP contribution in [0.25, 0.3) is 0 Å². The van der Waals surface area contributed by atoms with E-state index in [1.165, 1.54) is 16.8 Å². The number of nitrogens with zero attached hydrogens (tertiary/aromatic N) is 2. The number of pyridine rings is 1. The molecule has 1 aliphatic carbocycles. The number of carbonyl (C=O) groups excluding carboxylic acids is 1. The van der Waals surface area contributed by atoms with Gasteiger partial charge in [-0.05, 0) is 68.8 Å². The number of hydrogen-bond acceptors (Lipinski definition) is 3. The third-order valence-electron chi connectivity index (χ3n) is 5.56. The Labute approximate surface area is 146 Å². The molecule has 0 aromatic carbocycles. The summed E-state index contributed by atoms with van der Waals surface area (Å²) in [4.78, 5) is 19.6. The molecule has 1 saturated heterocycles. The maximum atomic E-state index is 12.6. The third kappa shape index (κ3) is 3.97.